The second-order valence-electron chi connectivity index (χ2n) is 4.66. The van der Waals surface area contributed by atoms with Crippen LogP contribution < -0.4 is 10.0 Å². The number of hydrogen-bond donors (Lipinski definition) is 2. The second-order valence-corrected chi connectivity index (χ2v) is 7.40. The number of imidazole rings is 1. The van der Waals surface area contributed by atoms with Gasteiger partial charge in [-0.25, -0.2) is 18.1 Å². The average Bonchev–Trinajstić information content (AvgIpc) is 3.06. The van der Waals surface area contributed by atoms with E-state index in [1.807, 2.05) is 7.05 Å². The van der Waals surface area contributed by atoms with Crippen molar-refractivity contribution in [1.29, 1.82) is 0 Å². The predicted molar refractivity (Wildman–Crippen MR) is 83.6 cm³/mol. The minimum absolute atomic E-state index is 0.184. The van der Waals surface area contributed by atoms with E-state index < -0.39 is 10.0 Å². The van der Waals surface area contributed by atoms with E-state index in [0.717, 1.165) is 17.8 Å². The van der Waals surface area contributed by atoms with Gasteiger partial charge < -0.3 is 9.88 Å². The molecule has 0 saturated heterocycles. The van der Waals surface area contributed by atoms with Gasteiger partial charge in [-0.2, -0.15) is 0 Å². The van der Waals surface area contributed by atoms with Gasteiger partial charge in [-0.15, -0.1) is 11.3 Å². The van der Waals surface area contributed by atoms with E-state index in [4.69, 9.17) is 0 Å². The molecule has 2 heterocycles. The first-order chi connectivity index (χ1) is 10.0. The minimum Gasteiger partial charge on any atom is -0.337 e. The number of nitrogens with zero attached hydrogens (tertiary/aromatic N) is 2. The van der Waals surface area contributed by atoms with Crippen molar-refractivity contribution in [2.45, 2.75) is 31.3 Å². The first-order valence-corrected chi connectivity index (χ1v) is 9.14. The molecule has 2 N–H and O–H groups in total. The smallest absolute Gasteiger partial charge is 0.242 e. The third-order valence-electron chi connectivity index (χ3n) is 3.05. The van der Waals surface area contributed by atoms with Crippen LogP contribution in [0.15, 0.2) is 28.7 Å². The molecule has 0 spiro atoms. The van der Waals surface area contributed by atoms with E-state index in [1.165, 1.54) is 11.3 Å². The van der Waals surface area contributed by atoms with Crippen molar-refractivity contribution in [1.82, 2.24) is 19.6 Å². The van der Waals surface area contributed by atoms with E-state index in [9.17, 15) is 8.42 Å². The molecule has 0 aromatic carbocycles. The van der Waals surface area contributed by atoms with Gasteiger partial charge in [0, 0.05) is 30.9 Å². The number of thiophene rings is 1. The topological polar surface area (TPSA) is 76.0 Å². The van der Waals surface area contributed by atoms with Crippen molar-refractivity contribution in [2.75, 3.05) is 6.54 Å². The van der Waals surface area contributed by atoms with Crippen LogP contribution >= 0.6 is 11.3 Å². The molecule has 2 aromatic heterocycles. The van der Waals surface area contributed by atoms with E-state index in [2.05, 4.69) is 21.9 Å². The lowest BCUT2D eigenvalue weighted by Gasteiger charge is -2.08. The normalized spacial score (nSPS) is 11.9. The molecule has 116 valence electrons. The van der Waals surface area contributed by atoms with Gasteiger partial charge in [0.1, 0.15) is 5.82 Å². The fourth-order valence-corrected chi connectivity index (χ4v) is 4.27. The summed E-state index contributed by atoms with van der Waals surface area (Å²) in [4.78, 5) is 5.29. The zero-order valence-electron chi connectivity index (χ0n) is 12.2. The number of hydrogen-bond acceptors (Lipinski definition) is 5. The molecule has 0 aliphatic carbocycles. The molecule has 0 amide bonds. The molecule has 0 fully saturated rings. The summed E-state index contributed by atoms with van der Waals surface area (Å²) in [7, 11) is -1.68. The molecule has 2 aromatic rings. The molecule has 0 saturated carbocycles. The molecule has 0 atom stereocenters. The first kappa shape index (κ1) is 16.2. The van der Waals surface area contributed by atoms with Gasteiger partial charge in [0.2, 0.25) is 10.0 Å². The second kappa shape index (κ2) is 7.17. The van der Waals surface area contributed by atoms with Gasteiger partial charge in [-0.1, -0.05) is 6.92 Å². The van der Waals surface area contributed by atoms with Gasteiger partial charge in [0.05, 0.1) is 11.4 Å². The van der Waals surface area contributed by atoms with Crippen molar-refractivity contribution in [3.05, 3.63) is 34.5 Å². The van der Waals surface area contributed by atoms with Crippen molar-refractivity contribution < 1.29 is 8.42 Å². The molecule has 2 rings (SSSR count). The molecular weight excluding hydrogens is 308 g/mol. The number of rotatable bonds is 8. The van der Waals surface area contributed by atoms with Crippen LogP contribution in [0.2, 0.25) is 0 Å². The van der Waals surface area contributed by atoms with Gasteiger partial charge in [-0.05, 0) is 24.4 Å². The van der Waals surface area contributed by atoms with Crippen LogP contribution in [-0.2, 0) is 30.2 Å². The molecule has 0 aliphatic rings. The maximum Gasteiger partial charge on any atom is 0.242 e. The monoisotopic (exact) mass is 328 g/mol. The third kappa shape index (κ3) is 4.13. The molecule has 8 heteroatoms. The SMILES string of the molecule is CCCNCc1sccc1S(=O)(=O)NCc1nccn1C. The highest BCUT2D eigenvalue weighted by Crippen LogP contribution is 2.21. The molecule has 0 aliphatic heterocycles. The maximum absolute atomic E-state index is 12.4. The quantitative estimate of drug-likeness (QED) is 0.719. The number of nitrogens with one attached hydrogen (secondary N) is 2. The summed E-state index contributed by atoms with van der Waals surface area (Å²) in [5, 5.41) is 5.03. The average molecular weight is 328 g/mol. The Morgan fingerprint density at radius 1 is 1.38 bits per heavy atom. The Labute approximate surface area is 129 Å². The highest BCUT2D eigenvalue weighted by atomic mass is 32.2. The summed E-state index contributed by atoms with van der Waals surface area (Å²) in [6.45, 7) is 3.71. The highest BCUT2D eigenvalue weighted by molar-refractivity contribution is 7.89. The molecule has 0 radical (unpaired) electrons. The molecule has 0 bridgehead atoms. The number of aryl methyl sites for hydroxylation is 1. The van der Waals surface area contributed by atoms with Gasteiger partial charge >= 0.3 is 0 Å². The fraction of sp³-hybridized carbons (Fsp3) is 0.462. The van der Waals surface area contributed by atoms with Crippen LogP contribution in [0.25, 0.3) is 0 Å². The van der Waals surface area contributed by atoms with Gasteiger partial charge in [-0.3, -0.25) is 0 Å². The van der Waals surface area contributed by atoms with Crippen LogP contribution in [0.4, 0.5) is 0 Å². The van der Waals surface area contributed by atoms with E-state index in [-0.39, 0.29) is 6.54 Å². The molecule has 0 unspecified atom stereocenters. The van der Waals surface area contributed by atoms with Crippen molar-refractivity contribution in [3.8, 4) is 0 Å². The van der Waals surface area contributed by atoms with E-state index in [0.29, 0.717) is 17.3 Å². The van der Waals surface area contributed by atoms with Crippen LogP contribution in [-0.4, -0.2) is 24.5 Å². The number of sulfonamides is 1. The summed E-state index contributed by atoms with van der Waals surface area (Å²) in [6, 6.07) is 1.65. The Kier molecular flexibility index (Phi) is 5.51. The maximum atomic E-state index is 12.4. The lowest BCUT2D eigenvalue weighted by molar-refractivity contribution is 0.575. The Morgan fingerprint density at radius 2 is 2.19 bits per heavy atom. The Hall–Kier alpha value is -1.22. The first-order valence-electron chi connectivity index (χ1n) is 6.77. The zero-order chi connectivity index (χ0) is 15.3. The summed E-state index contributed by atoms with van der Waals surface area (Å²) < 4.78 is 29.2. The largest absolute Gasteiger partial charge is 0.337 e. The fourth-order valence-electron chi connectivity index (χ4n) is 1.88. The van der Waals surface area contributed by atoms with Crippen LogP contribution in [0.3, 0.4) is 0 Å². The minimum atomic E-state index is -3.51. The van der Waals surface area contributed by atoms with Crippen molar-refractivity contribution >= 4 is 21.4 Å². The highest BCUT2D eigenvalue weighted by Gasteiger charge is 2.19. The molecule has 6 nitrogen and oxygen atoms in total. The lowest BCUT2D eigenvalue weighted by atomic mass is 10.4. The van der Waals surface area contributed by atoms with Crippen LogP contribution in [0, 0.1) is 0 Å². The van der Waals surface area contributed by atoms with Crippen LogP contribution in [0.5, 0.6) is 0 Å². The summed E-state index contributed by atoms with van der Waals surface area (Å²) >= 11 is 1.45. The standard InChI is InChI=1S/C13H20N4O2S2/c1-3-5-14-9-11-12(4-8-20-11)21(18,19)16-10-13-15-6-7-17(13)2/h4,6-8,14,16H,3,5,9-10H2,1-2H3. The van der Waals surface area contributed by atoms with Crippen molar-refractivity contribution in [3.63, 3.8) is 0 Å². The molecule has 21 heavy (non-hydrogen) atoms. The Balaban J connectivity index is 2.05. The zero-order valence-corrected chi connectivity index (χ0v) is 13.8. The van der Waals surface area contributed by atoms with Crippen molar-refractivity contribution in [2.24, 2.45) is 7.05 Å². The molecular formula is C13H20N4O2S2. The number of aromatic nitrogens is 2. The van der Waals surface area contributed by atoms with E-state index >= 15 is 0 Å². The summed E-state index contributed by atoms with van der Waals surface area (Å²) in [5.74, 6) is 0.680. The summed E-state index contributed by atoms with van der Waals surface area (Å²) in [6.07, 6.45) is 4.45. The van der Waals surface area contributed by atoms with E-state index in [1.54, 1.807) is 28.4 Å². The third-order valence-corrected chi connectivity index (χ3v) is 5.58. The lowest BCUT2D eigenvalue weighted by Crippen LogP contribution is -2.26. The van der Waals surface area contributed by atoms with Gasteiger partial charge in [0.25, 0.3) is 0 Å². The summed E-state index contributed by atoms with van der Waals surface area (Å²) in [5.41, 5.74) is 0. The predicted octanol–water partition coefficient (Wildman–Crippen LogP) is 1.46. The van der Waals surface area contributed by atoms with Gasteiger partial charge in [0.15, 0.2) is 0 Å². The Morgan fingerprint density at radius 3 is 2.86 bits per heavy atom. The van der Waals surface area contributed by atoms with Crippen LogP contribution in [0.1, 0.15) is 24.0 Å². The Bertz CT molecular complexity index is 676.